The minimum Gasteiger partial charge on any atom is -0.374 e. The Bertz CT molecular complexity index is 1420. The third-order valence-corrected chi connectivity index (χ3v) is 7.11. The summed E-state index contributed by atoms with van der Waals surface area (Å²) in [6, 6.07) is 36.6. The van der Waals surface area contributed by atoms with Crippen LogP contribution in [0.4, 0.5) is 5.69 Å². The monoisotopic (exact) mass is 581 g/mol. The maximum Gasteiger partial charge on any atom is 0.184 e. The van der Waals surface area contributed by atoms with Crippen molar-refractivity contribution in [1.82, 2.24) is 0 Å². The van der Waals surface area contributed by atoms with Crippen molar-refractivity contribution in [3.63, 3.8) is 0 Å². The summed E-state index contributed by atoms with van der Waals surface area (Å²) in [4.78, 5) is 2.82. The van der Waals surface area contributed by atoms with E-state index in [0.29, 0.717) is 25.5 Å². The van der Waals surface area contributed by atoms with Crippen molar-refractivity contribution in [2.45, 2.75) is 57.1 Å². The van der Waals surface area contributed by atoms with E-state index in [1.54, 1.807) is 12.1 Å². The van der Waals surface area contributed by atoms with Gasteiger partial charge < -0.3 is 28.8 Å². The number of nitrogens with zero attached hydrogens (tertiary/aromatic N) is 3. The molecular weight excluding hydrogens is 546 g/mol. The first-order valence-electron chi connectivity index (χ1n) is 14.2. The van der Waals surface area contributed by atoms with Crippen LogP contribution in [0.1, 0.15) is 22.3 Å². The molecule has 4 aromatic carbocycles. The molecule has 1 fully saturated rings. The topological polar surface area (TPSA) is 115 Å². The minimum absolute atomic E-state index is 0.174. The molecule has 0 aliphatic carbocycles. The van der Waals surface area contributed by atoms with E-state index in [2.05, 4.69) is 10.0 Å². The summed E-state index contributed by atoms with van der Waals surface area (Å²) in [5, 5.41) is 14.8. The van der Waals surface area contributed by atoms with Crippen molar-refractivity contribution in [3.05, 3.63) is 148 Å². The first-order valence-corrected chi connectivity index (χ1v) is 14.2. The van der Waals surface area contributed by atoms with E-state index in [0.717, 1.165) is 22.3 Å². The zero-order valence-electron chi connectivity index (χ0n) is 23.7. The number of aliphatic hydroxyl groups excluding tert-OH is 1. The molecule has 0 bridgehead atoms. The Hall–Kier alpha value is -4.05. The van der Waals surface area contributed by atoms with E-state index >= 15 is 0 Å². The predicted octanol–water partition coefficient (Wildman–Crippen LogP) is 6.62. The molecule has 1 aliphatic rings. The third-order valence-electron chi connectivity index (χ3n) is 7.11. The Morgan fingerprint density at radius 2 is 1.07 bits per heavy atom. The van der Waals surface area contributed by atoms with Crippen LogP contribution in [-0.4, -0.2) is 42.4 Å². The van der Waals surface area contributed by atoms with Gasteiger partial charge in [0.05, 0.1) is 33.0 Å². The molecule has 1 saturated heterocycles. The highest BCUT2D eigenvalue weighted by molar-refractivity contribution is 5.38. The van der Waals surface area contributed by atoms with Gasteiger partial charge in [-0.1, -0.05) is 120 Å². The summed E-state index contributed by atoms with van der Waals surface area (Å²) in [5.41, 5.74) is 13.0. The lowest BCUT2D eigenvalue weighted by Crippen LogP contribution is -2.61. The van der Waals surface area contributed by atoms with E-state index in [4.69, 9.17) is 29.2 Å². The van der Waals surface area contributed by atoms with Crippen LogP contribution >= 0.6 is 0 Å². The average molecular weight is 582 g/mol. The highest BCUT2D eigenvalue weighted by Gasteiger charge is 2.48. The fraction of sp³-hybridized carbons (Fsp3) is 0.294. The zero-order valence-corrected chi connectivity index (χ0v) is 23.7. The molecule has 0 radical (unpaired) electrons. The van der Waals surface area contributed by atoms with Crippen molar-refractivity contribution in [3.8, 4) is 0 Å². The molecule has 1 N–H and O–H groups in total. The Morgan fingerprint density at radius 1 is 0.605 bits per heavy atom. The zero-order chi connectivity index (χ0) is 29.7. The average Bonchev–Trinajstić information content (AvgIpc) is 3.05. The lowest BCUT2D eigenvalue weighted by molar-refractivity contribution is -0.317. The van der Waals surface area contributed by atoms with Crippen molar-refractivity contribution in [1.29, 1.82) is 0 Å². The standard InChI is InChI=1S/C34H35N3O6/c35-37-36-29-18-16-28(17-19-29)23-42-33-32(41-22-27-14-8-3-9-15-27)31(40-21-26-12-6-2-7-13-26)30(43-34(33)38)24-39-20-25-10-4-1-5-11-25/h1-19,30-34,38H,20-24H2/t30-,31-,32+,33-,34?/m1/s1. The molecular formula is C34H35N3O6. The largest absolute Gasteiger partial charge is 0.374 e. The Morgan fingerprint density at radius 3 is 1.60 bits per heavy atom. The van der Waals surface area contributed by atoms with Crippen LogP contribution in [0.5, 0.6) is 0 Å². The maximum absolute atomic E-state index is 11.2. The molecule has 1 unspecified atom stereocenters. The SMILES string of the molecule is [N-]=[N+]=Nc1ccc(CO[C@H]2C(O)O[C@H](COCc3ccccc3)[C@@H](OCc3ccccc3)[C@@H]2OCc2ccccc2)cc1. The number of aliphatic hydroxyl groups is 1. The Balaban J connectivity index is 1.36. The lowest BCUT2D eigenvalue weighted by Gasteiger charge is -2.44. The van der Waals surface area contributed by atoms with Gasteiger partial charge in [0, 0.05) is 10.6 Å². The summed E-state index contributed by atoms with van der Waals surface area (Å²) in [7, 11) is 0. The van der Waals surface area contributed by atoms with Crippen LogP contribution in [0.2, 0.25) is 0 Å². The molecule has 1 aliphatic heterocycles. The van der Waals surface area contributed by atoms with Crippen molar-refractivity contribution >= 4 is 5.69 Å². The van der Waals surface area contributed by atoms with Gasteiger partial charge in [-0.05, 0) is 27.8 Å². The summed E-state index contributed by atoms with van der Waals surface area (Å²) < 4.78 is 31.4. The molecule has 43 heavy (non-hydrogen) atoms. The molecule has 5 rings (SSSR count). The minimum atomic E-state index is -1.29. The fourth-order valence-corrected chi connectivity index (χ4v) is 4.90. The number of hydrogen-bond donors (Lipinski definition) is 1. The Labute approximate surface area is 251 Å². The molecule has 4 aromatic rings. The quantitative estimate of drug-likeness (QED) is 0.102. The van der Waals surface area contributed by atoms with Gasteiger partial charge in [-0.2, -0.15) is 0 Å². The number of ether oxygens (including phenoxy) is 5. The Kier molecular flexibility index (Phi) is 11.3. The van der Waals surface area contributed by atoms with Gasteiger partial charge in [0.25, 0.3) is 0 Å². The number of rotatable bonds is 14. The van der Waals surface area contributed by atoms with Gasteiger partial charge in [0.2, 0.25) is 0 Å². The maximum atomic E-state index is 11.2. The first kappa shape index (κ1) is 30.4. The smallest absolute Gasteiger partial charge is 0.184 e. The van der Waals surface area contributed by atoms with Crippen LogP contribution in [0.15, 0.2) is 120 Å². The van der Waals surface area contributed by atoms with Gasteiger partial charge in [-0.25, -0.2) is 0 Å². The van der Waals surface area contributed by atoms with Crippen LogP contribution in [0.3, 0.4) is 0 Å². The van der Waals surface area contributed by atoms with Gasteiger partial charge in [-0.3, -0.25) is 0 Å². The van der Waals surface area contributed by atoms with Crippen LogP contribution in [0, 0.1) is 0 Å². The number of hydrogen-bond acceptors (Lipinski definition) is 7. The fourth-order valence-electron chi connectivity index (χ4n) is 4.90. The molecule has 222 valence electrons. The van der Waals surface area contributed by atoms with E-state index < -0.39 is 30.7 Å². The van der Waals surface area contributed by atoms with E-state index in [1.807, 2.05) is 103 Å². The second kappa shape index (κ2) is 16.0. The van der Waals surface area contributed by atoms with Crippen molar-refractivity contribution in [2.75, 3.05) is 6.61 Å². The molecule has 0 aromatic heterocycles. The number of azide groups is 1. The third kappa shape index (κ3) is 8.97. The van der Waals surface area contributed by atoms with Crippen molar-refractivity contribution in [2.24, 2.45) is 5.11 Å². The van der Waals surface area contributed by atoms with Crippen LogP contribution in [0.25, 0.3) is 10.4 Å². The van der Waals surface area contributed by atoms with E-state index in [9.17, 15) is 5.11 Å². The summed E-state index contributed by atoms with van der Waals surface area (Å²) in [5.74, 6) is 0. The van der Waals surface area contributed by atoms with Crippen LogP contribution < -0.4 is 0 Å². The van der Waals surface area contributed by atoms with E-state index in [-0.39, 0.29) is 13.2 Å². The molecule has 5 atom stereocenters. The van der Waals surface area contributed by atoms with Gasteiger partial charge in [0.1, 0.15) is 24.4 Å². The van der Waals surface area contributed by atoms with Gasteiger partial charge in [0.15, 0.2) is 6.29 Å². The first-order chi connectivity index (χ1) is 21.2. The highest BCUT2D eigenvalue weighted by atomic mass is 16.7. The molecule has 9 heteroatoms. The molecule has 0 spiro atoms. The van der Waals surface area contributed by atoms with Crippen molar-refractivity contribution < 1.29 is 28.8 Å². The summed E-state index contributed by atoms with van der Waals surface area (Å²) in [6.45, 7) is 1.36. The second-order valence-electron chi connectivity index (χ2n) is 10.2. The van der Waals surface area contributed by atoms with E-state index in [1.165, 1.54) is 0 Å². The predicted molar refractivity (Wildman–Crippen MR) is 161 cm³/mol. The molecule has 1 heterocycles. The normalized spacial score (nSPS) is 21.7. The highest BCUT2D eigenvalue weighted by Crippen LogP contribution is 2.30. The summed E-state index contributed by atoms with van der Waals surface area (Å²) in [6.07, 6.45) is -4.05. The molecule has 9 nitrogen and oxygen atoms in total. The molecule has 0 saturated carbocycles. The second-order valence-corrected chi connectivity index (χ2v) is 10.2. The molecule has 0 amide bonds. The van der Waals surface area contributed by atoms with Crippen LogP contribution in [-0.2, 0) is 50.1 Å². The van der Waals surface area contributed by atoms with Gasteiger partial charge >= 0.3 is 0 Å². The van der Waals surface area contributed by atoms with Gasteiger partial charge in [-0.15, -0.1) is 0 Å². The number of benzene rings is 4. The summed E-state index contributed by atoms with van der Waals surface area (Å²) >= 11 is 0. The lowest BCUT2D eigenvalue weighted by atomic mass is 9.98.